The first-order valence-corrected chi connectivity index (χ1v) is 23.7. The molecule has 0 bridgehead atoms. The fourth-order valence-corrected chi connectivity index (χ4v) is 10.9. The minimum Gasteiger partial charge on any atom is -0.309 e. The van der Waals surface area contributed by atoms with E-state index in [1.807, 2.05) is 36.4 Å². The smallest absolute Gasteiger partial charge is 0.166 e. The largest absolute Gasteiger partial charge is 0.309 e. The van der Waals surface area contributed by atoms with Crippen LogP contribution in [0.2, 0.25) is 0 Å². The third-order valence-corrected chi connectivity index (χ3v) is 14.0. The third-order valence-electron chi connectivity index (χ3n) is 14.0. The Hall–Kier alpha value is -9.13. The van der Waals surface area contributed by atoms with E-state index in [-0.39, 0.29) is 0 Å². The second-order valence-electron chi connectivity index (χ2n) is 17.9. The van der Waals surface area contributed by atoms with Gasteiger partial charge in [-0.2, -0.15) is 0 Å². The van der Waals surface area contributed by atoms with Gasteiger partial charge in [0.05, 0.1) is 39.0 Å². The molecule has 13 aromatic rings. The topological polar surface area (TPSA) is 53.5 Å². The first kappa shape index (κ1) is 39.1. The molecule has 0 N–H and O–H groups in total. The first-order valence-electron chi connectivity index (χ1n) is 23.7. The lowest BCUT2D eigenvalue weighted by Gasteiger charge is -2.21. The van der Waals surface area contributed by atoms with Crippen LogP contribution in [0, 0.1) is 0 Å². The number of aryl methyl sites for hydroxylation is 1. The molecule has 0 amide bonds. The summed E-state index contributed by atoms with van der Waals surface area (Å²) in [5.41, 5.74) is 16.6. The van der Waals surface area contributed by atoms with Gasteiger partial charge in [-0.1, -0.05) is 164 Å². The minimum atomic E-state index is 0.607. The summed E-state index contributed by atoms with van der Waals surface area (Å²) in [6.45, 7) is 0. The van der Waals surface area contributed by atoms with E-state index in [4.69, 9.17) is 15.0 Å². The highest BCUT2D eigenvalue weighted by atomic mass is 15.1. The molecular weight excluding hydrogens is 841 g/mol. The van der Waals surface area contributed by atoms with Crippen LogP contribution in [0.15, 0.2) is 224 Å². The van der Waals surface area contributed by atoms with Crippen LogP contribution < -0.4 is 0 Å². The van der Waals surface area contributed by atoms with Gasteiger partial charge in [0, 0.05) is 55.0 Å². The lowest BCUT2D eigenvalue weighted by molar-refractivity contribution is 0.960. The van der Waals surface area contributed by atoms with Crippen LogP contribution in [0.5, 0.6) is 0 Å². The molecule has 0 aliphatic heterocycles. The first-order chi connectivity index (χ1) is 34.2. The summed E-state index contributed by atoms with van der Waals surface area (Å²) in [5.74, 6) is 1.86. The number of rotatable bonds is 7. The lowest BCUT2D eigenvalue weighted by Crippen LogP contribution is -2.09. The second kappa shape index (κ2) is 15.8. The highest BCUT2D eigenvalue weighted by Crippen LogP contribution is 2.44. The van der Waals surface area contributed by atoms with Gasteiger partial charge in [0.1, 0.15) is 0 Å². The molecule has 14 rings (SSSR count). The normalized spacial score (nSPS) is 12.5. The summed E-state index contributed by atoms with van der Waals surface area (Å²) in [4.78, 5) is 15.8. The summed E-state index contributed by atoms with van der Waals surface area (Å²) in [6.07, 6.45) is 6.58. The zero-order chi connectivity index (χ0) is 45.4. The molecule has 4 aromatic heterocycles. The summed E-state index contributed by atoms with van der Waals surface area (Å²) < 4.78 is 7.32. The van der Waals surface area contributed by atoms with Crippen molar-refractivity contribution in [3.63, 3.8) is 0 Å². The number of fused-ring (bicyclic) bond motifs is 9. The summed E-state index contributed by atoms with van der Waals surface area (Å²) in [5, 5.41) is 6.09. The summed E-state index contributed by atoms with van der Waals surface area (Å²) in [6, 6.07) is 78.1. The highest BCUT2D eigenvalue weighted by Gasteiger charge is 2.27. The quantitative estimate of drug-likeness (QED) is 0.160. The summed E-state index contributed by atoms with van der Waals surface area (Å²) >= 11 is 0. The van der Waals surface area contributed by atoms with Crippen LogP contribution >= 0.6 is 0 Å². The maximum atomic E-state index is 5.37. The van der Waals surface area contributed by atoms with E-state index in [9.17, 15) is 0 Å². The van der Waals surface area contributed by atoms with Crippen LogP contribution in [0.4, 0.5) is 0 Å². The van der Waals surface area contributed by atoms with Crippen LogP contribution in [-0.4, -0.2) is 28.7 Å². The number of benzene rings is 9. The van der Waals surface area contributed by atoms with Crippen molar-refractivity contribution < 1.29 is 0 Å². The fourth-order valence-electron chi connectivity index (χ4n) is 10.9. The molecule has 1 aliphatic carbocycles. The lowest BCUT2D eigenvalue weighted by atomic mass is 10.0. The van der Waals surface area contributed by atoms with E-state index in [2.05, 4.69) is 208 Å². The molecule has 0 radical (unpaired) electrons. The van der Waals surface area contributed by atoms with Gasteiger partial charge in [-0.3, -0.25) is 0 Å². The van der Waals surface area contributed by atoms with E-state index in [0.29, 0.717) is 17.5 Å². The van der Waals surface area contributed by atoms with Crippen molar-refractivity contribution >= 4 is 60.6 Å². The van der Waals surface area contributed by atoms with E-state index in [1.165, 1.54) is 49.2 Å². The van der Waals surface area contributed by atoms with Gasteiger partial charge in [-0.25, -0.2) is 15.0 Å². The van der Waals surface area contributed by atoms with Gasteiger partial charge in [0.25, 0.3) is 0 Å². The van der Waals surface area contributed by atoms with Crippen LogP contribution in [0.25, 0.3) is 123 Å². The summed E-state index contributed by atoms with van der Waals surface area (Å²) in [7, 11) is 0. The van der Waals surface area contributed by atoms with Crippen molar-refractivity contribution in [3.05, 3.63) is 236 Å². The maximum absolute atomic E-state index is 5.37. The van der Waals surface area contributed by atoms with Gasteiger partial charge in [0.15, 0.2) is 17.5 Å². The predicted octanol–water partition coefficient (Wildman–Crippen LogP) is 15.6. The number of allylic oxidation sites excluding steroid dienone is 1. The monoisotopic (exact) mass is 882 g/mol. The van der Waals surface area contributed by atoms with Gasteiger partial charge in [-0.05, 0) is 96.3 Å². The Bertz CT molecular complexity index is 4120. The molecule has 0 fully saturated rings. The van der Waals surface area contributed by atoms with Crippen molar-refractivity contribution in [1.82, 2.24) is 28.7 Å². The molecule has 0 saturated carbocycles. The van der Waals surface area contributed by atoms with E-state index in [0.717, 1.165) is 74.3 Å². The zero-order valence-electron chi connectivity index (χ0n) is 37.5. The molecular formula is C63H42N6. The van der Waals surface area contributed by atoms with Crippen molar-refractivity contribution in [2.45, 2.75) is 12.8 Å². The molecule has 69 heavy (non-hydrogen) atoms. The Morgan fingerprint density at radius 2 is 0.884 bits per heavy atom. The molecule has 324 valence electrons. The second-order valence-corrected chi connectivity index (χ2v) is 17.9. The van der Waals surface area contributed by atoms with Gasteiger partial charge < -0.3 is 13.7 Å². The standard InChI is InChI=1S/C63H42N6/c1-4-19-41(20-5-1)61-64-62(42-21-6-2-7-22-42)66-63(65-61)51-29-18-34-58(60(51)69-55-32-16-11-25-46(55)47-26-12-17-33-56(47)69)68-54-31-15-10-27-48(54)50-37-35-44(40-59(50)68)43-36-38-57-52(39-43)49-28-13-14-30-53(49)67(57)45-23-8-3-9-24-45/h1-11,13-25,27-40H,12,26H2. The Morgan fingerprint density at radius 3 is 1.59 bits per heavy atom. The van der Waals surface area contributed by atoms with Gasteiger partial charge >= 0.3 is 0 Å². The average Bonchev–Trinajstić information content (AvgIpc) is 4.06. The SMILES string of the molecule is C1=Cc2c(c3ccccc3n2-c2c(-c3nc(-c4ccccc4)nc(-c4ccccc4)n3)cccc2-n2c3ccccc3c3ccc(-c4ccc5c(c4)c4ccccc4n5-c4ccccc4)cc32)CC1. The van der Waals surface area contributed by atoms with Crippen molar-refractivity contribution in [2.75, 3.05) is 0 Å². The molecule has 6 heteroatoms. The molecule has 6 nitrogen and oxygen atoms in total. The number of para-hydroxylation sites is 5. The van der Waals surface area contributed by atoms with Gasteiger partial charge in [-0.15, -0.1) is 0 Å². The average molecular weight is 883 g/mol. The number of aromatic nitrogens is 6. The Balaban J connectivity index is 1.06. The highest BCUT2D eigenvalue weighted by molar-refractivity contribution is 6.13. The molecule has 1 aliphatic rings. The molecule has 4 heterocycles. The fraction of sp³-hybridized carbons (Fsp3) is 0.0317. The molecule has 0 spiro atoms. The van der Waals surface area contributed by atoms with Gasteiger partial charge in [0.2, 0.25) is 0 Å². The zero-order valence-corrected chi connectivity index (χ0v) is 37.5. The van der Waals surface area contributed by atoms with Crippen molar-refractivity contribution in [1.29, 1.82) is 0 Å². The Labute approximate surface area is 398 Å². The maximum Gasteiger partial charge on any atom is 0.166 e. The van der Waals surface area contributed by atoms with E-state index in [1.54, 1.807) is 0 Å². The Kier molecular flexibility index (Phi) is 8.92. The minimum absolute atomic E-state index is 0.607. The van der Waals surface area contributed by atoms with Crippen molar-refractivity contribution in [2.24, 2.45) is 0 Å². The predicted molar refractivity (Wildman–Crippen MR) is 284 cm³/mol. The Morgan fingerprint density at radius 1 is 0.348 bits per heavy atom. The number of hydrogen-bond acceptors (Lipinski definition) is 3. The molecule has 0 atom stereocenters. The van der Waals surface area contributed by atoms with E-state index < -0.39 is 0 Å². The number of nitrogens with zero attached hydrogens (tertiary/aromatic N) is 6. The molecule has 9 aromatic carbocycles. The molecule has 0 saturated heterocycles. The molecule has 0 unspecified atom stereocenters. The van der Waals surface area contributed by atoms with E-state index >= 15 is 0 Å². The van der Waals surface area contributed by atoms with Crippen LogP contribution in [0.3, 0.4) is 0 Å². The number of hydrogen-bond donors (Lipinski definition) is 0. The van der Waals surface area contributed by atoms with Crippen molar-refractivity contribution in [3.8, 4) is 62.4 Å². The third kappa shape index (κ3) is 6.23. The van der Waals surface area contributed by atoms with Crippen LogP contribution in [0.1, 0.15) is 17.7 Å². The van der Waals surface area contributed by atoms with Crippen LogP contribution in [-0.2, 0) is 6.42 Å².